The standard InChI is InChI=1S/C19H23N11O4S2/c20-19-25-13-3-1-2-12(16(13)26-19)11-4-5-14(36(33,34)24-9-10-8-22-6-7-23-10)17(35(21,31)32)15(11)18-27-29-30-28-18/h1-5,10,22-24H,6-9H2,(H3,20,25,26)(H2,21,31,32)(H,27,28,29,30)/t10-/m0/s1. The first kappa shape index (κ1) is 24.2. The summed E-state index contributed by atoms with van der Waals surface area (Å²) in [5.41, 5.74) is 7.44. The smallest absolute Gasteiger partial charge is 0.241 e. The van der Waals surface area contributed by atoms with Gasteiger partial charge in [-0.05, 0) is 22.9 Å². The molecule has 1 atom stereocenters. The van der Waals surface area contributed by atoms with Crippen LogP contribution >= 0.6 is 0 Å². The Morgan fingerprint density at radius 3 is 2.61 bits per heavy atom. The lowest BCUT2D eigenvalue weighted by molar-refractivity contribution is 0.414. The van der Waals surface area contributed by atoms with E-state index < -0.39 is 29.8 Å². The van der Waals surface area contributed by atoms with E-state index in [0.29, 0.717) is 29.7 Å². The number of hydrogen-bond acceptors (Lipinski definition) is 11. The molecule has 1 aliphatic heterocycles. The first-order chi connectivity index (χ1) is 17.1. The molecular weight excluding hydrogens is 510 g/mol. The topological polar surface area (TPSA) is 240 Å². The molecule has 0 aliphatic carbocycles. The SMILES string of the molecule is Nc1nc2c(-c3ccc(S(=O)(=O)NC[C@@H]4CNCCN4)c(S(N)(=O)=O)c3-c3nn[nH]n3)cccc2[nH]1. The van der Waals surface area contributed by atoms with Gasteiger partial charge in [0.1, 0.15) is 9.79 Å². The largest absolute Gasteiger partial charge is 0.369 e. The maximum Gasteiger partial charge on any atom is 0.241 e. The Kier molecular flexibility index (Phi) is 6.18. The van der Waals surface area contributed by atoms with Crippen molar-refractivity contribution in [3.63, 3.8) is 0 Å². The van der Waals surface area contributed by atoms with Crippen molar-refractivity contribution in [3.8, 4) is 22.5 Å². The third kappa shape index (κ3) is 4.54. The molecule has 17 heteroatoms. The molecule has 0 radical (unpaired) electrons. The van der Waals surface area contributed by atoms with Gasteiger partial charge in [-0.1, -0.05) is 18.2 Å². The van der Waals surface area contributed by atoms with E-state index in [4.69, 9.17) is 10.9 Å². The molecule has 1 saturated heterocycles. The fourth-order valence-electron chi connectivity index (χ4n) is 4.19. The summed E-state index contributed by atoms with van der Waals surface area (Å²) in [4.78, 5) is 6.00. The Labute approximate surface area is 205 Å². The zero-order valence-electron chi connectivity index (χ0n) is 18.7. The van der Waals surface area contributed by atoms with Crippen molar-refractivity contribution in [2.24, 2.45) is 5.14 Å². The Bertz CT molecular complexity index is 1630. The van der Waals surface area contributed by atoms with E-state index in [1.54, 1.807) is 18.2 Å². The number of benzene rings is 2. The number of tetrazole rings is 1. The number of rotatable bonds is 7. The van der Waals surface area contributed by atoms with Crippen LogP contribution in [-0.4, -0.2) is 79.6 Å². The highest BCUT2D eigenvalue weighted by molar-refractivity contribution is 7.92. The maximum absolute atomic E-state index is 13.4. The summed E-state index contributed by atoms with van der Waals surface area (Å²) in [5.74, 6) is -0.0100. The van der Waals surface area contributed by atoms with Gasteiger partial charge >= 0.3 is 0 Å². The number of piperazine rings is 1. The summed E-state index contributed by atoms with van der Waals surface area (Å²) in [6.07, 6.45) is 0. The molecule has 15 nitrogen and oxygen atoms in total. The molecule has 0 spiro atoms. The minimum Gasteiger partial charge on any atom is -0.369 e. The summed E-state index contributed by atoms with van der Waals surface area (Å²) in [6.45, 7) is 2.02. The number of imidazole rings is 1. The molecule has 2 aromatic heterocycles. The maximum atomic E-state index is 13.4. The van der Waals surface area contributed by atoms with Gasteiger partial charge in [-0.15, -0.1) is 10.2 Å². The molecular formula is C19H23N11O4S2. The molecule has 0 amide bonds. The van der Waals surface area contributed by atoms with Crippen LogP contribution in [0.4, 0.5) is 5.95 Å². The number of nitrogens with zero attached hydrogens (tertiary/aromatic N) is 4. The second kappa shape index (κ2) is 9.19. The Hall–Kier alpha value is -3.48. The number of aromatic amines is 2. The zero-order valence-corrected chi connectivity index (χ0v) is 20.3. The van der Waals surface area contributed by atoms with E-state index in [-0.39, 0.29) is 35.5 Å². The van der Waals surface area contributed by atoms with E-state index in [0.717, 1.165) is 6.54 Å². The average Bonchev–Trinajstić information content (AvgIpc) is 3.51. The van der Waals surface area contributed by atoms with Gasteiger partial charge < -0.3 is 21.4 Å². The lowest BCUT2D eigenvalue weighted by atomic mass is 9.98. The van der Waals surface area contributed by atoms with Gasteiger partial charge in [-0.3, -0.25) is 0 Å². The molecule has 2 aromatic carbocycles. The van der Waals surface area contributed by atoms with Crippen molar-refractivity contribution < 1.29 is 16.8 Å². The van der Waals surface area contributed by atoms with E-state index in [2.05, 4.69) is 45.9 Å². The van der Waals surface area contributed by atoms with Crippen LogP contribution in [0.3, 0.4) is 0 Å². The molecule has 0 saturated carbocycles. The Balaban J connectivity index is 1.72. The number of sulfonamides is 2. The number of H-pyrrole nitrogens is 2. The van der Waals surface area contributed by atoms with Crippen molar-refractivity contribution in [3.05, 3.63) is 30.3 Å². The normalized spacial score (nSPS) is 17.0. The highest BCUT2D eigenvalue weighted by atomic mass is 32.2. The van der Waals surface area contributed by atoms with Gasteiger partial charge in [0.15, 0.2) is 5.95 Å². The molecule has 1 fully saturated rings. The average molecular weight is 534 g/mol. The number of para-hydroxylation sites is 1. The summed E-state index contributed by atoms with van der Waals surface area (Å²) >= 11 is 0. The number of primary sulfonamides is 1. The first-order valence-electron chi connectivity index (χ1n) is 10.8. The van der Waals surface area contributed by atoms with Gasteiger partial charge in [-0.25, -0.2) is 31.7 Å². The van der Waals surface area contributed by atoms with Crippen molar-refractivity contribution >= 4 is 37.0 Å². The van der Waals surface area contributed by atoms with Crippen molar-refractivity contribution in [1.82, 2.24) is 45.9 Å². The van der Waals surface area contributed by atoms with Crippen LogP contribution in [0.1, 0.15) is 0 Å². The van der Waals surface area contributed by atoms with E-state index in [9.17, 15) is 16.8 Å². The van der Waals surface area contributed by atoms with Gasteiger partial charge in [0, 0.05) is 37.8 Å². The van der Waals surface area contributed by atoms with Crippen LogP contribution in [0.2, 0.25) is 0 Å². The number of nitrogens with two attached hydrogens (primary N) is 2. The zero-order chi connectivity index (χ0) is 25.5. The summed E-state index contributed by atoms with van der Waals surface area (Å²) in [5, 5.41) is 25.6. The molecule has 9 N–H and O–H groups in total. The molecule has 36 heavy (non-hydrogen) atoms. The molecule has 190 valence electrons. The van der Waals surface area contributed by atoms with Crippen LogP contribution in [-0.2, 0) is 20.0 Å². The van der Waals surface area contributed by atoms with E-state index in [1.807, 2.05) is 0 Å². The van der Waals surface area contributed by atoms with Crippen molar-refractivity contribution in [1.29, 1.82) is 0 Å². The number of aromatic nitrogens is 6. The highest BCUT2D eigenvalue weighted by Crippen LogP contribution is 2.40. The van der Waals surface area contributed by atoms with Crippen LogP contribution in [0.15, 0.2) is 40.1 Å². The lowest BCUT2D eigenvalue weighted by Crippen LogP contribution is -2.53. The second-order valence-corrected chi connectivity index (χ2v) is 11.4. The number of anilines is 1. The molecule has 0 bridgehead atoms. The van der Waals surface area contributed by atoms with Gasteiger partial charge in [0.05, 0.1) is 16.6 Å². The number of hydrogen-bond donors (Lipinski definition) is 7. The number of nitrogen functional groups attached to an aromatic ring is 1. The number of nitrogens with one attached hydrogen (secondary N) is 5. The summed E-state index contributed by atoms with van der Waals surface area (Å²) in [6, 6.07) is 7.60. The fourth-order valence-corrected chi connectivity index (χ4v) is 6.87. The quantitative estimate of drug-likeness (QED) is 0.144. The predicted molar refractivity (Wildman–Crippen MR) is 130 cm³/mol. The third-order valence-electron chi connectivity index (χ3n) is 5.73. The van der Waals surface area contributed by atoms with Crippen molar-refractivity contribution in [2.45, 2.75) is 15.8 Å². The molecule has 0 unspecified atom stereocenters. The van der Waals surface area contributed by atoms with E-state index >= 15 is 0 Å². The van der Waals surface area contributed by atoms with Crippen molar-refractivity contribution in [2.75, 3.05) is 31.9 Å². The monoisotopic (exact) mass is 533 g/mol. The van der Waals surface area contributed by atoms with Gasteiger partial charge in [0.25, 0.3) is 0 Å². The third-order valence-corrected chi connectivity index (χ3v) is 8.32. The van der Waals surface area contributed by atoms with Gasteiger partial charge in [0.2, 0.25) is 25.9 Å². The van der Waals surface area contributed by atoms with Crippen LogP contribution < -0.4 is 26.2 Å². The molecule has 1 aliphatic rings. The van der Waals surface area contributed by atoms with E-state index in [1.165, 1.54) is 12.1 Å². The minimum absolute atomic E-state index is 0.0323. The van der Waals surface area contributed by atoms with Crippen LogP contribution in [0.25, 0.3) is 33.5 Å². The molecule has 3 heterocycles. The number of fused-ring (bicyclic) bond motifs is 1. The summed E-state index contributed by atoms with van der Waals surface area (Å²) < 4.78 is 55.0. The predicted octanol–water partition coefficient (Wildman–Crippen LogP) is -1.52. The minimum atomic E-state index is -4.62. The summed E-state index contributed by atoms with van der Waals surface area (Å²) in [7, 11) is -8.95. The Morgan fingerprint density at radius 1 is 1.08 bits per heavy atom. The fraction of sp³-hybridized carbons (Fsp3) is 0.263. The first-order valence-corrected chi connectivity index (χ1v) is 13.8. The lowest BCUT2D eigenvalue weighted by Gasteiger charge is -2.25. The van der Waals surface area contributed by atoms with Crippen LogP contribution in [0.5, 0.6) is 0 Å². The molecule has 4 aromatic rings. The van der Waals surface area contributed by atoms with Gasteiger partial charge in [-0.2, -0.15) is 5.21 Å². The highest BCUT2D eigenvalue weighted by Gasteiger charge is 2.33. The molecule has 5 rings (SSSR count). The second-order valence-electron chi connectivity index (χ2n) is 8.13. The van der Waals surface area contributed by atoms with Crippen LogP contribution in [0, 0.1) is 0 Å². The Morgan fingerprint density at radius 2 is 1.92 bits per heavy atom.